The molecule has 1 amide bonds. The highest BCUT2D eigenvalue weighted by Gasteiger charge is 2.29. The monoisotopic (exact) mass is 417 g/mol. The molecule has 0 radical (unpaired) electrons. The number of hydrogen-bond acceptors (Lipinski definition) is 4. The molecule has 1 fully saturated rings. The minimum Gasteiger partial charge on any atom is -0.354 e. The number of benzene rings is 1. The summed E-state index contributed by atoms with van der Waals surface area (Å²) < 4.78 is 51.8. The first-order valence-corrected chi connectivity index (χ1v) is 11.4. The number of rotatable bonds is 8. The molecule has 1 N–H and O–H groups in total. The number of nitrogens with one attached hydrogen (secondary N) is 1. The van der Waals surface area contributed by atoms with Crippen LogP contribution in [0.2, 0.25) is 0 Å². The molecule has 2 atom stereocenters. The maximum atomic E-state index is 13.5. The molecule has 2 rings (SSSR count). The van der Waals surface area contributed by atoms with E-state index in [1.165, 1.54) is 19.8 Å². The van der Waals surface area contributed by atoms with Gasteiger partial charge in [-0.05, 0) is 57.3 Å². The molecular weight excluding hydrogens is 388 g/mol. The molecule has 158 valence electrons. The largest absolute Gasteiger partial charge is 0.354 e. The number of halogens is 2. The van der Waals surface area contributed by atoms with Crippen molar-refractivity contribution in [1.82, 2.24) is 10.2 Å². The van der Waals surface area contributed by atoms with Crippen molar-refractivity contribution in [2.75, 3.05) is 36.7 Å². The van der Waals surface area contributed by atoms with E-state index in [1.807, 2.05) is 0 Å². The number of nitrogens with zero attached hydrogens (tertiary/aromatic N) is 2. The van der Waals surface area contributed by atoms with Crippen LogP contribution in [0, 0.1) is 17.6 Å². The molecule has 1 aliphatic heterocycles. The summed E-state index contributed by atoms with van der Waals surface area (Å²) in [7, 11) is -3.87. The highest BCUT2D eigenvalue weighted by atomic mass is 32.2. The van der Waals surface area contributed by atoms with Crippen LogP contribution in [-0.4, -0.2) is 57.7 Å². The number of likely N-dealkylation sites (tertiary alicyclic amines) is 1. The van der Waals surface area contributed by atoms with E-state index in [9.17, 15) is 22.0 Å². The zero-order valence-corrected chi connectivity index (χ0v) is 17.4. The van der Waals surface area contributed by atoms with Gasteiger partial charge in [0.1, 0.15) is 6.04 Å². The summed E-state index contributed by atoms with van der Waals surface area (Å²) in [5, 5.41) is 2.74. The maximum absolute atomic E-state index is 13.5. The van der Waals surface area contributed by atoms with Gasteiger partial charge >= 0.3 is 0 Å². The Bertz CT molecular complexity index is 789. The van der Waals surface area contributed by atoms with Crippen LogP contribution in [0.1, 0.15) is 33.1 Å². The molecule has 1 aliphatic rings. The van der Waals surface area contributed by atoms with Gasteiger partial charge in [0.25, 0.3) is 0 Å². The number of amides is 1. The molecule has 1 saturated heterocycles. The molecule has 1 heterocycles. The molecule has 28 heavy (non-hydrogen) atoms. The van der Waals surface area contributed by atoms with Gasteiger partial charge in [-0.15, -0.1) is 0 Å². The van der Waals surface area contributed by atoms with Crippen LogP contribution >= 0.6 is 0 Å². The first kappa shape index (κ1) is 22.5. The van der Waals surface area contributed by atoms with E-state index in [4.69, 9.17) is 0 Å². The quantitative estimate of drug-likeness (QED) is 0.660. The summed E-state index contributed by atoms with van der Waals surface area (Å²) in [6.07, 6.45) is 4.11. The fraction of sp³-hybridized carbons (Fsp3) is 0.632. The van der Waals surface area contributed by atoms with Crippen molar-refractivity contribution in [3.8, 4) is 0 Å². The third-order valence-corrected chi connectivity index (χ3v) is 6.18. The Morgan fingerprint density at radius 1 is 1.36 bits per heavy atom. The van der Waals surface area contributed by atoms with Gasteiger partial charge in [0.15, 0.2) is 11.6 Å². The highest BCUT2D eigenvalue weighted by molar-refractivity contribution is 7.92. The lowest BCUT2D eigenvalue weighted by Crippen LogP contribution is -2.48. The minimum atomic E-state index is -3.87. The van der Waals surface area contributed by atoms with E-state index in [1.54, 1.807) is 0 Å². The van der Waals surface area contributed by atoms with E-state index in [-0.39, 0.29) is 5.69 Å². The van der Waals surface area contributed by atoms with Crippen LogP contribution in [0.25, 0.3) is 0 Å². The number of hydrogen-bond donors (Lipinski definition) is 1. The van der Waals surface area contributed by atoms with Gasteiger partial charge < -0.3 is 10.2 Å². The van der Waals surface area contributed by atoms with Crippen LogP contribution < -0.4 is 9.62 Å². The molecule has 1 aromatic rings. The first-order chi connectivity index (χ1) is 13.1. The number of carbonyl (C=O) groups is 1. The average molecular weight is 418 g/mol. The number of carbonyl (C=O) groups excluding carboxylic acids is 1. The Morgan fingerprint density at radius 2 is 2.07 bits per heavy atom. The molecule has 9 heteroatoms. The van der Waals surface area contributed by atoms with Crippen molar-refractivity contribution in [3.05, 3.63) is 29.8 Å². The number of anilines is 1. The van der Waals surface area contributed by atoms with E-state index < -0.39 is 33.6 Å². The van der Waals surface area contributed by atoms with Crippen LogP contribution in [-0.2, 0) is 14.8 Å². The topological polar surface area (TPSA) is 69.7 Å². The average Bonchev–Trinajstić information content (AvgIpc) is 2.60. The van der Waals surface area contributed by atoms with Gasteiger partial charge in [-0.2, -0.15) is 0 Å². The zero-order chi connectivity index (χ0) is 20.9. The lowest BCUT2D eigenvalue weighted by Gasteiger charge is -2.31. The predicted molar refractivity (Wildman–Crippen MR) is 106 cm³/mol. The van der Waals surface area contributed by atoms with E-state index in [0.29, 0.717) is 12.5 Å². The normalized spacial score (nSPS) is 19.2. The first-order valence-electron chi connectivity index (χ1n) is 9.54. The highest BCUT2D eigenvalue weighted by Crippen LogP contribution is 2.23. The van der Waals surface area contributed by atoms with E-state index in [0.717, 1.165) is 54.8 Å². The van der Waals surface area contributed by atoms with Crippen molar-refractivity contribution < 1.29 is 22.0 Å². The zero-order valence-electron chi connectivity index (χ0n) is 16.6. The second-order valence-electron chi connectivity index (χ2n) is 7.53. The van der Waals surface area contributed by atoms with Crippen LogP contribution in [0.4, 0.5) is 14.5 Å². The lowest BCUT2D eigenvalue weighted by atomic mass is 10.0. The summed E-state index contributed by atoms with van der Waals surface area (Å²) in [6, 6.07) is 1.67. The fourth-order valence-corrected chi connectivity index (χ4v) is 4.75. The van der Waals surface area contributed by atoms with Gasteiger partial charge in [0.05, 0.1) is 11.9 Å². The van der Waals surface area contributed by atoms with E-state index >= 15 is 0 Å². The van der Waals surface area contributed by atoms with Crippen molar-refractivity contribution in [2.45, 2.75) is 39.2 Å². The molecule has 0 bridgehead atoms. The molecular formula is C19H29F2N3O3S. The van der Waals surface area contributed by atoms with Gasteiger partial charge in [0, 0.05) is 19.2 Å². The molecule has 0 saturated carbocycles. The Labute approximate surface area is 165 Å². The second kappa shape index (κ2) is 9.65. The lowest BCUT2D eigenvalue weighted by molar-refractivity contribution is -0.121. The molecule has 6 nitrogen and oxygen atoms in total. The third-order valence-electron chi connectivity index (χ3n) is 4.94. The summed E-state index contributed by atoms with van der Waals surface area (Å²) in [5.74, 6) is -2.05. The summed E-state index contributed by atoms with van der Waals surface area (Å²) in [4.78, 5) is 14.8. The Balaban J connectivity index is 1.95. The fourth-order valence-electron chi connectivity index (χ4n) is 3.58. The molecule has 0 aliphatic carbocycles. The molecule has 0 unspecified atom stereocenters. The second-order valence-corrected chi connectivity index (χ2v) is 9.39. The summed E-state index contributed by atoms with van der Waals surface area (Å²) in [6.45, 7) is 7.06. The smallest absolute Gasteiger partial charge is 0.243 e. The Kier molecular flexibility index (Phi) is 7.77. The standard InChI is InChI=1S/C19H29F2N3O3S/c1-14-6-4-10-23(13-14)11-5-9-22-19(25)15(2)24(28(3,26)27)16-7-8-17(20)18(21)12-16/h7-8,12,14-15H,4-6,9-11,13H2,1-3H3,(H,22,25)/t14-,15+/m1/s1. The van der Waals surface area contributed by atoms with Crippen molar-refractivity contribution in [3.63, 3.8) is 0 Å². The van der Waals surface area contributed by atoms with Crippen LogP contribution in [0.5, 0.6) is 0 Å². The van der Waals surface area contributed by atoms with E-state index in [2.05, 4.69) is 17.1 Å². The van der Waals surface area contributed by atoms with Crippen LogP contribution in [0.15, 0.2) is 18.2 Å². The Morgan fingerprint density at radius 3 is 2.68 bits per heavy atom. The van der Waals surface area contributed by atoms with Gasteiger partial charge in [-0.25, -0.2) is 17.2 Å². The van der Waals surface area contributed by atoms with Crippen LogP contribution in [0.3, 0.4) is 0 Å². The minimum absolute atomic E-state index is 0.0913. The molecule has 0 spiro atoms. The summed E-state index contributed by atoms with van der Waals surface area (Å²) >= 11 is 0. The Hall–Kier alpha value is -1.74. The van der Waals surface area contributed by atoms with Crippen molar-refractivity contribution in [2.24, 2.45) is 5.92 Å². The van der Waals surface area contributed by atoms with Gasteiger partial charge in [-0.1, -0.05) is 6.92 Å². The van der Waals surface area contributed by atoms with Gasteiger partial charge in [0.2, 0.25) is 15.9 Å². The van der Waals surface area contributed by atoms with Gasteiger partial charge in [-0.3, -0.25) is 9.10 Å². The SMILES string of the molecule is C[C@@H]1CCCN(CCCNC(=O)[C@H](C)N(c2ccc(F)c(F)c2)S(C)(=O)=O)C1. The van der Waals surface area contributed by atoms with Crippen molar-refractivity contribution >= 4 is 21.6 Å². The number of sulfonamides is 1. The molecule has 0 aromatic heterocycles. The van der Waals surface area contributed by atoms with Crippen molar-refractivity contribution in [1.29, 1.82) is 0 Å². The number of piperidine rings is 1. The maximum Gasteiger partial charge on any atom is 0.243 e. The predicted octanol–water partition coefficient (Wildman–Crippen LogP) is 2.36. The molecule has 1 aromatic carbocycles. The summed E-state index contributed by atoms with van der Waals surface area (Å²) in [5.41, 5.74) is -0.0913. The third kappa shape index (κ3) is 6.13.